The molecule has 0 heterocycles. The molecule has 1 N–H and O–H groups in total. The number of rotatable bonds is 6. The highest BCUT2D eigenvalue weighted by atomic mass is 35.5. The molecule has 0 spiro atoms. The van der Waals surface area contributed by atoms with Crippen LogP contribution in [-0.2, 0) is 5.92 Å². The van der Waals surface area contributed by atoms with Gasteiger partial charge >= 0.3 is 0 Å². The maximum Gasteiger partial charge on any atom is 0.285 e. The second kappa shape index (κ2) is 6.16. The van der Waals surface area contributed by atoms with Crippen LogP contribution >= 0.6 is 11.6 Å². The highest BCUT2D eigenvalue weighted by Gasteiger charge is 2.31. The number of hydrogen-bond acceptors (Lipinski definition) is 1. The lowest BCUT2D eigenvalue weighted by Gasteiger charge is -2.20. The van der Waals surface area contributed by atoms with Crippen LogP contribution in [0.15, 0.2) is 30.3 Å². The van der Waals surface area contributed by atoms with Crippen molar-refractivity contribution >= 4 is 11.6 Å². The zero-order valence-corrected chi connectivity index (χ0v) is 9.98. The Bertz CT molecular complexity index is 303. The summed E-state index contributed by atoms with van der Waals surface area (Å²) in [4.78, 5) is 0. The first-order chi connectivity index (χ1) is 7.56. The SMILES string of the molecule is CC(CCCl)NCC(F)(F)c1ccccc1. The second-order valence-corrected chi connectivity index (χ2v) is 4.21. The normalized spacial score (nSPS) is 13.8. The van der Waals surface area contributed by atoms with E-state index < -0.39 is 5.92 Å². The number of hydrogen-bond donors (Lipinski definition) is 1. The second-order valence-electron chi connectivity index (χ2n) is 3.83. The maximum absolute atomic E-state index is 13.7. The molecule has 0 saturated carbocycles. The van der Waals surface area contributed by atoms with Crippen molar-refractivity contribution < 1.29 is 8.78 Å². The minimum absolute atomic E-state index is 0.00656. The van der Waals surface area contributed by atoms with E-state index in [0.29, 0.717) is 12.3 Å². The molecule has 4 heteroatoms. The summed E-state index contributed by atoms with van der Waals surface area (Å²) in [7, 11) is 0. The van der Waals surface area contributed by atoms with Gasteiger partial charge in [-0.3, -0.25) is 0 Å². The smallest absolute Gasteiger partial charge is 0.285 e. The fraction of sp³-hybridized carbons (Fsp3) is 0.500. The summed E-state index contributed by atoms with van der Waals surface area (Å²) in [5, 5.41) is 2.79. The van der Waals surface area contributed by atoms with E-state index in [2.05, 4.69) is 5.32 Å². The molecule has 90 valence electrons. The standard InChI is InChI=1S/C12H16ClF2N/c1-10(7-8-13)16-9-12(14,15)11-5-3-2-4-6-11/h2-6,10,16H,7-9H2,1H3. The lowest BCUT2D eigenvalue weighted by Crippen LogP contribution is -2.36. The molecule has 0 aliphatic carbocycles. The molecule has 0 radical (unpaired) electrons. The molecular formula is C12H16ClF2N. The third-order valence-electron chi connectivity index (χ3n) is 2.41. The van der Waals surface area contributed by atoms with Crippen molar-refractivity contribution in [2.45, 2.75) is 25.3 Å². The van der Waals surface area contributed by atoms with E-state index in [1.807, 2.05) is 6.92 Å². The largest absolute Gasteiger partial charge is 0.308 e. The van der Waals surface area contributed by atoms with Crippen LogP contribution in [0.5, 0.6) is 0 Å². The lowest BCUT2D eigenvalue weighted by molar-refractivity contribution is -0.00534. The van der Waals surface area contributed by atoms with Crippen LogP contribution < -0.4 is 5.32 Å². The minimum Gasteiger partial charge on any atom is -0.308 e. The first-order valence-electron chi connectivity index (χ1n) is 5.29. The Kier molecular flexibility index (Phi) is 5.16. The van der Waals surface area contributed by atoms with Crippen molar-refractivity contribution in [1.29, 1.82) is 0 Å². The molecule has 0 fully saturated rings. The van der Waals surface area contributed by atoms with Crippen molar-refractivity contribution in [2.75, 3.05) is 12.4 Å². The van der Waals surface area contributed by atoms with Crippen molar-refractivity contribution in [3.63, 3.8) is 0 Å². The van der Waals surface area contributed by atoms with Gasteiger partial charge in [-0.05, 0) is 13.3 Å². The molecule has 0 aliphatic rings. The zero-order chi connectivity index (χ0) is 12.0. The average molecular weight is 248 g/mol. The number of alkyl halides is 3. The van der Waals surface area contributed by atoms with Crippen molar-refractivity contribution in [3.8, 4) is 0 Å². The quantitative estimate of drug-likeness (QED) is 0.760. The van der Waals surface area contributed by atoms with Crippen LogP contribution in [0.25, 0.3) is 0 Å². The summed E-state index contributed by atoms with van der Waals surface area (Å²) < 4.78 is 27.3. The Morgan fingerprint density at radius 2 is 1.94 bits per heavy atom. The Morgan fingerprint density at radius 1 is 1.31 bits per heavy atom. The van der Waals surface area contributed by atoms with Gasteiger partial charge in [0, 0.05) is 17.5 Å². The first-order valence-corrected chi connectivity index (χ1v) is 5.82. The van der Waals surface area contributed by atoms with Gasteiger partial charge in [0.05, 0.1) is 6.54 Å². The molecule has 0 saturated heterocycles. The van der Waals surface area contributed by atoms with E-state index in [1.165, 1.54) is 12.1 Å². The van der Waals surface area contributed by atoms with Crippen LogP contribution in [-0.4, -0.2) is 18.5 Å². The van der Waals surface area contributed by atoms with E-state index in [4.69, 9.17) is 11.6 Å². The molecular weight excluding hydrogens is 232 g/mol. The molecule has 1 aromatic rings. The molecule has 0 aromatic heterocycles. The van der Waals surface area contributed by atoms with Gasteiger partial charge < -0.3 is 5.32 Å². The summed E-state index contributed by atoms with van der Waals surface area (Å²) in [5.74, 6) is -2.35. The highest BCUT2D eigenvalue weighted by molar-refractivity contribution is 6.17. The minimum atomic E-state index is -2.83. The fourth-order valence-electron chi connectivity index (χ4n) is 1.35. The van der Waals surface area contributed by atoms with Gasteiger partial charge in [-0.2, -0.15) is 8.78 Å². The van der Waals surface area contributed by atoms with Gasteiger partial charge in [-0.1, -0.05) is 30.3 Å². The van der Waals surface area contributed by atoms with Crippen LogP contribution in [0.4, 0.5) is 8.78 Å². The van der Waals surface area contributed by atoms with E-state index in [0.717, 1.165) is 0 Å². The van der Waals surface area contributed by atoms with Gasteiger partial charge in [0.1, 0.15) is 0 Å². The van der Waals surface area contributed by atoms with Crippen molar-refractivity contribution in [1.82, 2.24) is 5.32 Å². The van der Waals surface area contributed by atoms with Gasteiger partial charge in [0.25, 0.3) is 5.92 Å². The predicted octanol–water partition coefficient (Wildman–Crippen LogP) is 3.39. The van der Waals surface area contributed by atoms with E-state index in [-0.39, 0.29) is 18.2 Å². The average Bonchev–Trinajstić information content (AvgIpc) is 2.28. The Balaban J connectivity index is 2.52. The van der Waals surface area contributed by atoms with Crippen molar-refractivity contribution in [2.24, 2.45) is 0 Å². The summed E-state index contributed by atoms with van der Waals surface area (Å²) in [6.07, 6.45) is 0.687. The third-order valence-corrected chi connectivity index (χ3v) is 2.63. The van der Waals surface area contributed by atoms with Crippen LogP contribution in [0.2, 0.25) is 0 Å². The summed E-state index contributed by atoms with van der Waals surface area (Å²) in [6.45, 7) is 1.50. The van der Waals surface area contributed by atoms with Gasteiger partial charge in [-0.25, -0.2) is 0 Å². The number of halogens is 3. The summed E-state index contributed by atoms with van der Waals surface area (Å²) in [5.41, 5.74) is 0.0422. The summed E-state index contributed by atoms with van der Waals surface area (Å²) >= 11 is 5.54. The van der Waals surface area contributed by atoms with E-state index in [1.54, 1.807) is 18.2 Å². The molecule has 1 rings (SSSR count). The summed E-state index contributed by atoms with van der Waals surface area (Å²) in [6, 6.07) is 7.84. The van der Waals surface area contributed by atoms with Crippen molar-refractivity contribution in [3.05, 3.63) is 35.9 Å². The van der Waals surface area contributed by atoms with Crippen LogP contribution in [0.1, 0.15) is 18.9 Å². The predicted molar refractivity (Wildman–Crippen MR) is 63.1 cm³/mol. The lowest BCUT2D eigenvalue weighted by atomic mass is 10.1. The molecule has 1 aromatic carbocycles. The first kappa shape index (κ1) is 13.4. The molecule has 16 heavy (non-hydrogen) atoms. The topological polar surface area (TPSA) is 12.0 Å². The van der Waals surface area contributed by atoms with Gasteiger partial charge in [0.2, 0.25) is 0 Å². The van der Waals surface area contributed by atoms with Gasteiger partial charge in [0.15, 0.2) is 0 Å². The Morgan fingerprint density at radius 3 is 2.50 bits per heavy atom. The monoisotopic (exact) mass is 247 g/mol. The highest BCUT2D eigenvalue weighted by Crippen LogP contribution is 2.26. The molecule has 1 unspecified atom stereocenters. The van der Waals surface area contributed by atoms with Crippen LogP contribution in [0.3, 0.4) is 0 Å². The van der Waals surface area contributed by atoms with Gasteiger partial charge in [-0.15, -0.1) is 11.6 Å². The molecule has 0 aliphatic heterocycles. The Hall–Kier alpha value is -0.670. The third kappa shape index (κ3) is 4.06. The number of nitrogens with one attached hydrogen (secondary N) is 1. The van der Waals surface area contributed by atoms with Crippen LogP contribution in [0, 0.1) is 0 Å². The van der Waals surface area contributed by atoms with E-state index in [9.17, 15) is 8.78 Å². The maximum atomic E-state index is 13.7. The molecule has 0 bridgehead atoms. The zero-order valence-electron chi connectivity index (χ0n) is 9.22. The molecule has 1 atom stereocenters. The molecule has 1 nitrogen and oxygen atoms in total. The van der Waals surface area contributed by atoms with E-state index >= 15 is 0 Å². The number of benzene rings is 1. The molecule has 0 amide bonds. The fourth-order valence-corrected chi connectivity index (χ4v) is 1.68. The Labute approximate surface area is 99.8 Å².